The van der Waals surface area contributed by atoms with Crippen molar-refractivity contribution in [1.29, 1.82) is 0 Å². The van der Waals surface area contributed by atoms with E-state index in [1.54, 1.807) is 0 Å². The summed E-state index contributed by atoms with van der Waals surface area (Å²) in [6.45, 7) is -0.551. The van der Waals surface area contributed by atoms with Crippen LogP contribution in [0.4, 0.5) is 13.2 Å². The number of esters is 1. The summed E-state index contributed by atoms with van der Waals surface area (Å²) in [6.07, 6.45) is -2.84. The highest BCUT2D eigenvalue weighted by molar-refractivity contribution is 5.76. The highest BCUT2D eigenvalue weighted by Crippen LogP contribution is 2.40. The molecule has 1 heterocycles. The van der Waals surface area contributed by atoms with Crippen LogP contribution in [-0.2, 0) is 9.53 Å². The number of carbonyl (C=O) groups excluding carboxylic acids is 1. The number of aliphatic hydroxyl groups is 1. The van der Waals surface area contributed by atoms with E-state index in [9.17, 15) is 23.1 Å². The summed E-state index contributed by atoms with van der Waals surface area (Å²) in [4.78, 5) is 13.3. The van der Waals surface area contributed by atoms with E-state index in [4.69, 9.17) is 4.74 Å². The van der Waals surface area contributed by atoms with Gasteiger partial charge in [-0.1, -0.05) is 12.8 Å². The van der Waals surface area contributed by atoms with E-state index in [2.05, 4.69) is 0 Å². The molecule has 0 unspecified atom stereocenters. The summed E-state index contributed by atoms with van der Waals surface area (Å²) in [5.74, 6) is -0.276. The molecule has 0 amide bonds. The summed E-state index contributed by atoms with van der Waals surface area (Å²) in [6, 6.07) is -0.713. The van der Waals surface area contributed by atoms with E-state index in [1.807, 2.05) is 0 Å². The van der Waals surface area contributed by atoms with Crippen LogP contribution >= 0.6 is 0 Å². The molecule has 7 heteroatoms. The van der Waals surface area contributed by atoms with Crippen molar-refractivity contribution in [3.05, 3.63) is 0 Å². The fourth-order valence-electron chi connectivity index (χ4n) is 3.49. The fraction of sp³-hybridized carbons (Fsp3) is 0.923. The van der Waals surface area contributed by atoms with Crippen molar-refractivity contribution < 1.29 is 27.8 Å². The van der Waals surface area contributed by atoms with Gasteiger partial charge in [-0.05, 0) is 25.2 Å². The van der Waals surface area contributed by atoms with Crippen molar-refractivity contribution in [2.24, 2.45) is 5.92 Å². The molecule has 2 rings (SSSR count). The van der Waals surface area contributed by atoms with Crippen LogP contribution in [0.1, 0.15) is 32.1 Å². The van der Waals surface area contributed by atoms with Gasteiger partial charge in [-0.15, -0.1) is 0 Å². The van der Waals surface area contributed by atoms with Crippen LogP contribution in [-0.4, -0.2) is 54.0 Å². The van der Waals surface area contributed by atoms with Gasteiger partial charge in [0.05, 0.1) is 7.11 Å². The maximum Gasteiger partial charge on any atom is 0.415 e. The van der Waals surface area contributed by atoms with Crippen molar-refractivity contribution in [3.8, 4) is 0 Å². The van der Waals surface area contributed by atoms with Gasteiger partial charge in [0.25, 0.3) is 0 Å². The van der Waals surface area contributed by atoms with Crippen LogP contribution in [0.5, 0.6) is 0 Å². The molecule has 20 heavy (non-hydrogen) atoms. The highest BCUT2D eigenvalue weighted by atomic mass is 19.4. The fourth-order valence-corrected chi connectivity index (χ4v) is 3.49. The molecule has 0 aromatic carbocycles. The second-order valence-corrected chi connectivity index (χ2v) is 5.64. The smallest absolute Gasteiger partial charge is 0.415 e. The Morgan fingerprint density at radius 1 is 1.40 bits per heavy atom. The maximum absolute atomic E-state index is 12.5. The average molecular weight is 295 g/mol. The topological polar surface area (TPSA) is 49.8 Å². The second kappa shape index (κ2) is 5.89. The maximum atomic E-state index is 12.5. The first kappa shape index (κ1) is 15.6. The second-order valence-electron chi connectivity index (χ2n) is 5.64. The zero-order chi connectivity index (χ0) is 14.9. The average Bonchev–Trinajstić information content (AvgIpc) is 2.76. The first-order valence-corrected chi connectivity index (χ1v) is 6.93. The molecule has 116 valence electrons. The van der Waals surface area contributed by atoms with Gasteiger partial charge in [-0.3, -0.25) is 9.69 Å². The third kappa shape index (κ3) is 3.09. The number of β-amino-alcohol motifs (C(OH)–C–C–N with tert-alkyl or cyclic N) is 1. The predicted molar refractivity (Wildman–Crippen MR) is 64.9 cm³/mol. The van der Waals surface area contributed by atoms with Gasteiger partial charge in [-0.2, -0.15) is 13.2 Å². The summed E-state index contributed by atoms with van der Waals surface area (Å²) >= 11 is 0. The molecule has 0 radical (unpaired) electrons. The zero-order valence-electron chi connectivity index (χ0n) is 11.4. The van der Waals surface area contributed by atoms with Crippen LogP contribution in [0, 0.1) is 5.92 Å². The summed E-state index contributed by atoms with van der Waals surface area (Å²) in [5.41, 5.74) is 0. The Labute approximate surface area is 115 Å². The summed E-state index contributed by atoms with van der Waals surface area (Å²) in [5, 5.41) is 9.29. The third-order valence-electron chi connectivity index (χ3n) is 4.46. The molecule has 0 aromatic rings. The number of likely N-dealkylation sites (tertiary alicyclic amines) is 1. The Hall–Kier alpha value is -0.820. The lowest BCUT2D eigenvalue weighted by atomic mass is 9.84. The number of ether oxygens (including phenoxy) is 1. The van der Waals surface area contributed by atoms with Gasteiger partial charge in [-0.25, -0.2) is 0 Å². The predicted octanol–water partition coefficient (Wildman–Crippen LogP) is 1.72. The van der Waals surface area contributed by atoms with Crippen LogP contribution in [0.2, 0.25) is 0 Å². The minimum absolute atomic E-state index is 0.0511. The minimum atomic E-state index is -4.66. The molecular weight excluding hydrogens is 275 g/mol. The molecule has 0 bridgehead atoms. The number of fused-ring (bicyclic) bond motifs is 1. The Morgan fingerprint density at radius 3 is 2.65 bits per heavy atom. The Balaban J connectivity index is 2.13. The van der Waals surface area contributed by atoms with Gasteiger partial charge in [0.1, 0.15) is 6.04 Å². The lowest BCUT2D eigenvalue weighted by molar-refractivity contribution is -0.211. The van der Waals surface area contributed by atoms with Crippen molar-refractivity contribution in [2.45, 2.75) is 56.5 Å². The minimum Gasteiger partial charge on any atom is -0.468 e. The van der Waals surface area contributed by atoms with Crippen LogP contribution in [0.3, 0.4) is 0 Å². The Morgan fingerprint density at radius 2 is 2.05 bits per heavy atom. The number of rotatable bonds is 3. The zero-order valence-corrected chi connectivity index (χ0v) is 11.4. The first-order chi connectivity index (χ1) is 9.34. The Bertz CT molecular complexity index is 361. The van der Waals surface area contributed by atoms with Crippen molar-refractivity contribution >= 4 is 5.97 Å². The van der Waals surface area contributed by atoms with Gasteiger partial charge in [0.2, 0.25) is 0 Å². The number of hydrogen-bond acceptors (Lipinski definition) is 4. The highest BCUT2D eigenvalue weighted by Gasteiger charge is 2.49. The molecule has 1 aliphatic heterocycles. The van der Waals surface area contributed by atoms with Gasteiger partial charge in [0, 0.05) is 12.6 Å². The molecule has 2 fully saturated rings. The molecule has 1 saturated carbocycles. The van der Waals surface area contributed by atoms with Gasteiger partial charge >= 0.3 is 12.1 Å². The lowest BCUT2D eigenvalue weighted by Gasteiger charge is -2.34. The van der Waals surface area contributed by atoms with E-state index >= 15 is 0 Å². The number of hydrogen-bond donors (Lipinski definition) is 1. The van der Waals surface area contributed by atoms with Crippen LogP contribution < -0.4 is 0 Å². The molecule has 1 saturated heterocycles. The molecule has 1 aliphatic carbocycles. The molecule has 0 aromatic heterocycles. The van der Waals surface area contributed by atoms with Crippen LogP contribution in [0.25, 0.3) is 0 Å². The number of nitrogens with zero attached hydrogens (tertiary/aromatic N) is 1. The van der Waals surface area contributed by atoms with E-state index in [-0.39, 0.29) is 12.0 Å². The van der Waals surface area contributed by atoms with Crippen molar-refractivity contribution in [2.75, 3.05) is 13.7 Å². The molecular formula is C13H20F3NO3. The monoisotopic (exact) mass is 295 g/mol. The van der Waals surface area contributed by atoms with E-state index in [0.29, 0.717) is 6.42 Å². The first-order valence-electron chi connectivity index (χ1n) is 6.93. The lowest BCUT2D eigenvalue weighted by Crippen LogP contribution is -2.49. The SMILES string of the molecule is COC(=O)[C@@H]1C[C@@H]2CCCC[C@@H]2N1C[C@H](O)C(F)(F)F. The number of aliphatic hydroxyl groups excluding tert-OH is 1. The molecule has 0 spiro atoms. The molecule has 4 nitrogen and oxygen atoms in total. The quantitative estimate of drug-likeness (QED) is 0.805. The van der Waals surface area contributed by atoms with E-state index in [0.717, 1.165) is 25.7 Å². The van der Waals surface area contributed by atoms with Gasteiger partial charge < -0.3 is 9.84 Å². The van der Waals surface area contributed by atoms with E-state index in [1.165, 1.54) is 12.0 Å². The van der Waals surface area contributed by atoms with Crippen molar-refractivity contribution in [3.63, 3.8) is 0 Å². The largest absolute Gasteiger partial charge is 0.468 e. The van der Waals surface area contributed by atoms with Gasteiger partial charge in [0.15, 0.2) is 6.10 Å². The Kier molecular flexibility index (Phi) is 4.59. The number of alkyl halides is 3. The van der Waals surface area contributed by atoms with E-state index < -0.39 is 30.8 Å². The molecule has 2 aliphatic rings. The third-order valence-corrected chi connectivity index (χ3v) is 4.46. The van der Waals surface area contributed by atoms with Crippen molar-refractivity contribution in [1.82, 2.24) is 4.90 Å². The summed E-state index contributed by atoms with van der Waals surface area (Å²) in [7, 11) is 1.24. The standard InChI is InChI=1S/C13H20F3NO3/c1-20-12(19)10-6-8-4-2-3-5-9(8)17(10)7-11(18)13(14,15)16/h8-11,18H,2-7H2,1H3/t8-,9-,10-,11-/m0/s1. The number of methoxy groups -OCH3 is 1. The number of carbonyl (C=O) groups is 1. The summed E-state index contributed by atoms with van der Waals surface area (Å²) < 4.78 is 42.3. The number of halogens is 3. The molecule has 4 atom stereocenters. The normalized spacial score (nSPS) is 32.8. The van der Waals surface area contributed by atoms with Crippen LogP contribution in [0.15, 0.2) is 0 Å². The molecule has 1 N–H and O–H groups in total.